The first-order chi connectivity index (χ1) is 9.65. The normalized spacial score (nSPS) is 10.3. The van der Waals surface area contributed by atoms with Crippen LogP contribution in [0.5, 0.6) is 0 Å². The molecule has 1 amide bonds. The molecule has 1 aromatic carbocycles. The Morgan fingerprint density at radius 3 is 2.80 bits per heavy atom. The largest absolute Gasteiger partial charge is 0.351 e. The van der Waals surface area contributed by atoms with Crippen molar-refractivity contribution in [3.63, 3.8) is 0 Å². The quantitative estimate of drug-likeness (QED) is 0.838. The number of pyridine rings is 1. The van der Waals surface area contributed by atoms with Gasteiger partial charge in [-0.3, -0.25) is 4.79 Å². The molecule has 0 radical (unpaired) electrons. The summed E-state index contributed by atoms with van der Waals surface area (Å²) in [6, 6.07) is 11.9. The van der Waals surface area contributed by atoms with Gasteiger partial charge in [-0.1, -0.05) is 42.1 Å². The SMILES string of the molecule is Cc1cc(Br)cnc1SCC(=O)NCc1ccccc1. The van der Waals surface area contributed by atoms with E-state index in [1.165, 1.54) is 11.8 Å². The van der Waals surface area contributed by atoms with Gasteiger partial charge < -0.3 is 5.32 Å². The molecule has 1 N–H and O–H groups in total. The molecule has 20 heavy (non-hydrogen) atoms. The lowest BCUT2D eigenvalue weighted by molar-refractivity contribution is -0.118. The van der Waals surface area contributed by atoms with E-state index in [0.717, 1.165) is 20.6 Å². The highest BCUT2D eigenvalue weighted by molar-refractivity contribution is 9.10. The van der Waals surface area contributed by atoms with Crippen molar-refractivity contribution in [2.24, 2.45) is 0 Å². The van der Waals surface area contributed by atoms with Crippen molar-refractivity contribution >= 4 is 33.6 Å². The highest BCUT2D eigenvalue weighted by Gasteiger charge is 2.06. The van der Waals surface area contributed by atoms with Gasteiger partial charge in [0.2, 0.25) is 5.91 Å². The molecule has 0 aliphatic rings. The number of nitrogens with zero attached hydrogens (tertiary/aromatic N) is 1. The Labute approximate surface area is 131 Å². The zero-order valence-electron chi connectivity index (χ0n) is 11.1. The number of carbonyl (C=O) groups is 1. The number of halogens is 1. The summed E-state index contributed by atoms with van der Waals surface area (Å²) in [5, 5.41) is 3.79. The van der Waals surface area contributed by atoms with Gasteiger partial charge in [0.25, 0.3) is 0 Å². The number of hydrogen-bond donors (Lipinski definition) is 1. The minimum atomic E-state index is 0.0166. The molecule has 5 heteroatoms. The Hall–Kier alpha value is -1.33. The highest BCUT2D eigenvalue weighted by Crippen LogP contribution is 2.22. The Kier molecular flexibility index (Phi) is 5.61. The molecule has 0 aliphatic heterocycles. The van der Waals surface area contributed by atoms with Crippen molar-refractivity contribution in [3.05, 3.63) is 58.2 Å². The predicted molar refractivity (Wildman–Crippen MR) is 85.7 cm³/mol. The van der Waals surface area contributed by atoms with E-state index in [2.05, 4.69) is 26.2 Å². The number of benzene rings is 1. The molecule has 1 heterocycles. The summed E-state index contributed by atoms with van der Waals surface area (Å²) in [4.78, 5) is 16.1. The Balaban J connectivity index is 1.80. The van der Waals surface area contributed by atoms with Crippen LogP contribution >= 0.6 is 27.7 Å². The Morgan fingerprint density at radius 1 is 1.35 bits per heavy atom. The van der Waals surface area contributed by atoms with Crippen LogP contribution < -0.4 is 5.32 Å². The summed E-state index contributed by atoms with van der Waals surface area (Å²) in [5.74, 6) is 0.394. The predicted octanol–water partition coefficient (Wildman–Crippen LogP) is 3.56. The van der Waals surface area contributed by atoms with Gasteiger partial charge in [0.15, 0.2) is 0 Å². The molecule has 0 atom stereocenters. The van der Waals surface area contributed by atoms with Gasteiger partial charge in [0, 0.05) is 17.2 Å². The van der Waals surface area contributed by atoms with Crippen molar-refractivity contribution in [3.8, 4) is 0 Å². The molecular formula is C15H15BrN2OS. The van der Waals surface area contributed by atoms with Gasteiger partial charge in [0.1, 0.15) is 0 Å². The molecule has 0 fully saturated rings. The summed E-state index contributed by atoms with van der Waals surface area (Å²) in [5.41, 5.74) is 2.17. The molecule has 0 bridgehead atoms. The minimum Gasteiger partial charge on any atom is -0.351 e. The standard InChI is InChI=1S/C15H15BrN2OS/c1-11-7-13(16)9-18-15(11)20-10-14(19)17-8-12-5-3-2-4-6-12/h2-7,9H,8,10H2,1H3,(H,17,19). The number of nitrogens with one attached hydrogen (secondary N) is 1. The molecule has 2 rings (SSSR count). The zero-order valence-corrected chi connectivity index (χ0v) is 13.5. The van der Waals surface area contributed by atoms with E-state index >= 15 is 0 Å². The second kappa shape index (κ2) is 7.45. The third kappa shape index (κ3) is 4.65. The average Bonchev–Trinajstić information content (AvgIpc) is 2.45. The second-order valence-corrected chi connectivity index (χ2v) is 6.21. The lowest BCUT2D eigenvalue weighted by Crippen LogP contribution is -2.24. The van der Waals surface area contributed by atoms with Crippen molar-refractivity contribution in [2.75, 3.05) is 5.75 Å². The number of amides is 1. The molecular weight excluding hydrogens is 336 g/mol. The molecule has 2 aromatic rings. The van der Waals surface area contributed by atoms with Crippen LogP contribution in [-0.4, -0.2) is 16.6 Å². The third-order valence-electron chi connectivity index (χ3n) is 2.67. The number of rotatable bonds is 5. The first-order valence-electron chi connectivity index (χ1n) is 6.21. The molecule has 104 valence electrons. The number of thioether (sulfide) groups is 1. The van der Waals surface area contributed by atoms with E-state index < -0.39 is 0 Å². The summed E-state index contributed by atoms with van der Waals surface area (Å²) >= 11 is 4.83. The van der Waals surface area contributed by atoms with Crippen LogP contribution in [0.15, 0.2) is 52.1 Å². The monoisotopic (exact) mass is 350 g/mol. The van der Waals surface area contributed by atoms with Crippen molar-refractivity contribution < 1.29 is 4.79 Å². The van der Waals surface area contributed by atoms with Crippen molar-refractivity contribution in [2.45, 2.75) is 18.5 Å². The molecule has 0 saturated heterocycles. The molecule has 0 saturated carbocycles. The maximum absolute atomic E-state index is 11.8. The molecule has 0 aliphatic carbocycles. The van der Waals surface area contributed by atoms with E-state index in [-0.39, 0.29) is 5.91 Å². The van der Waals surface area contributed by atoms with E-state index in [4.69, 9.17) is 0 Å². The van der Waals surface area contributed by atoms with E-state index in [1.807, 2.05) is 43.3 Å². The minimum absolute atomic E-state index is 0.0166. The zero-order chi connectivity index (χ0) is 14.4. The van der Waals surface area contributed by atoms with Crippen LogP contribution in [0.4, 0.5) is 0 Å². The fourth-order valence-electron chi connectivity index (χ4n) is 1.66. The van der Waals surface area contributed by atoms with Crippen LogP contribution in [-0.2, 0) is 11.3 Å². The summed E-state index contributed by atoms with van der Waals surface area (Å²) in [6.45, 7) is 2.55. The smallest absolute Gasteiger partial charge is 0.230 e. The number of aromatic nitrogens is 1. The maximum Gasteiger partial charge on any atom is 0.230 e. The first kappa shape index (κ1) is 15.1. The average molecular weight is 351 g/mol. The molecule has 0 unspecified atom stereocenters. The Bertz CT molecular complexity index is 590. The highest BCUT2D eigenvalue weighted by atomic mass is 79.9. The van der Waals surface area contributed by atoms with Crippen molar-refractivity contribution in [1.29, 1.82) is 0 Å². The first-order valence-corrected chi connectivity index (χ1v) is 7.98. The number of carbonyl (C=O) groups excluding carboxylic acids is 1. The van der Waals surface area contributed by atoms with Gasteiger partial charge in [-0.15, -0.1) is 0 Å². The molecule has 3 nitrogen and oxygen atoms in total. The third-order valence-corrected chi connectivity index (χ3v) is 4.21. The van der Waals surface area contributed by atoms with Crippen LogP contribution in [0.25, 0.3) is 0 Å². The summed E-state index contributed by atoms with van der Waals surface area (Å²) in [7, 11) is 0. The van der Waals surface area contributed by atoms with Crippen LogP contribution in [0.3, 0.4) is 0 Å². The van der Waals surface area contributed by atoms with Gasteiger partial charge in [-0.05, 0) is 40.0 Å². The van der Waals surface area contributed by atoms with Crippen LogP contribution in [0.2, 0.25) is 0 Å². The van der Waals surface area contributed by atoms with Crippen LogP contribution in [0, 0.1) is 6.92 Å². The van der Waals surface area contributed by atoms with Gasteiger partial charge in [-0.2, -0.15) is 0 Å². The fraction of sp³-hybridized carbons (Fsp3) is 0.200. The fourth-order valence-corrected chi connectivity index (χ4v) is 2.89. The van der Waals surface area contributed by atoms with Gasteiger partial charge in [0.05, 0.1) is 10.8 Å². The maximum atomic E-state index is 11.8. The Morgan fingerprint density at radius 2 is 2.10 bits per heavy atom. The van der Waals surface area contributed by atoms with E-state index in [1.54, 1.807) is 6.20 Å². The summed E-state index contributed by atoms with van der Waals surface area (Å²) < 4.78 is 0.952. The molecule has 1 aromatic heterocycles. The van der Waals surface area contributed by atoms with Crippen molar-refractivity contribution in [1.82, 2.24) is 10.3 Å². The lowest BCUT2D eigenvalue weighted by atomic mass is 10.2. The number of aryl methyl sites for hydroxylation is 1. The topological polar surface area (TPSA) is 42.0 Å². The molecule has 0 spiro atoms. The number of hydrogen-bond acceptors (Lipinski definition) is 3. The lowest BCUT2D eigenvalue weighted by Gasteiger charge is -2.06. The van der Waals surface area contributed by atoms with Gasteiger partial charge in [-0.25, -0.2) is 4.98 Å². The summed E-state index contributed by atoms with van der Waals surface area (Å²) in [6.07, 6.45) is 1.75. The van der Waals surface area contributed by atoms with E-state index in [0.29, 0.717) is 12.3 Å². The van der Waals surface area contributed by atoms with E-state index in [9.17, 15) is 4.79 Å². The second-order valence-electron chi connectivity index (χ2n) is 4.33. The van der Waals surface area contributed by atoms with Crippen LogP contribution in [0.1, 0.15) is 11.1 Å². The van der Waals surface area contributed by atoms with Gasteiger partial charge >= 0.3 is 0 Å².